The number of halogens is 1. The fourth-order valence-electron chi connectivity index (χ4n) is 0.593. The molecule has 12 heavy (non-hydrogen) atoms. The summed E-state index contributed by atoms with van der Waals surface area (Å²) in [5.74, 6) is -0.248. The number of rotatable bonds is 2. The Morgan fingerprint density at radius 1 is 1.50 bits per heavy atom. The maximum atomic E-state index is 11.3. The van der Waals surface area contributed by atoms with Gasteiger partial charge in [0.15, 0.2) is 0 Å². The van der Waals surface area contributed by atoms with Gasteiger partial charge in [-0.3, -0.25) is 0 Å². The zero-order valence-electron chi connectivity index (χ0n) is 7.98. The van der Waals surface area contributed by atoms with Gasteiger partial charge in [0.2, 0.25) is 0 Å². The molecule has 70 valence electrons. The van der Waals surface area contributed by atoms with Crippen LogP contribution in [-0.2, 0) is 9.53 Å². The number of hydrogen-bond donors (Lipinski definition) is 0. The standard InChI is InChI=1S/C9H15BrO2/c1-5-7(6-10)8(11)12-9(2,3)4/h5H,6H2,1-4H3/b7-5+. The van der Waals surface area contributed by atoms with Crippen LogP contribution < -0.4 is 0 Å². The second-order valence-electron chi connectivity index (χ2n) is 3.45. The molecule has 0 aliphatic heterocycles. The van der Waals surface area contributed by atoms with E-state index in [1.165, 1.54) is 0 Å². The van der Waals surface area contributed by atoms with E-state index in [0.29, 0.717) is 10.9 Å². The lowest BCUT2D eigenvalue weighted by Crippen LogP contribution is -2.25. The molecule has 0 rings (SSSR count). The largest absolute Gasteiger partial charge is 0.457 e. The summed E-state index contributed by atoms with van der Waals surface area (Å²) < 4.78 is 5.14. The lowest BCUT2D eigenvalue weighted by molar-refractivity contribution is -0.149. The zero-order chi connectivity index (χ0) is 9.78. The summed E-state index contributed by atoms with van der Waals surface area (Å²) >= 11 is 3.22. The van der Waals surface area contributed by atoms with Crippen molar-refractivity contribution in [3.8, 4) is 0 Å². The van der Waals surface area contributed by atoms with Gasteiger partial charge in [-0.05, 0) is 27.7 Å². The van der Waals surface area contributed by atoms with Crippen LogP contribution in [0.2, 0.25) is 0 Å². The summed E-state index contributed by atoms with van der Waals surface area (Å²) in [6.07, 6.45) is 1.75. The van der Waals surface area contributed by atoms with Gasteiger partial charge in [-0.15, -0.1) is 0 Å². The van der Waals surface area contributed by atoms with Gasteiger partial charge >= 0.3 is 5.97 Å². The number of carbonyl (C=O) groups excluding carboxylic acids is 1. The molecule has 0 fully saturated rings. The molecule has 0 unspecified atom stereocenters. The van der Waals surface area contributed by atoms with E-state index in [2.05, 4.69) is 15.9 Å². The zero-order valence-corrected chi connectivity index (χ0v) is 9.56. The van der Waals surface area contributed by atoms with Gasteiger partial charge in [0.1, 0.15) is 5.60 Å². The number of allylic oxidation sites excluding steroid dienone is 1. The van der Waals surface area contributed by atoms with Crippen molar-refractivity contribution >= 4 is 21.9 Å². The first-order valence-electron chi connectivity index (χ1n) is 3.85. The van der Waals surface area contributed by atoms with E-state index in [9.17, 15) is 4.79 Å². The Morgan fingerprint density at radius 2 is 2.00 bits per heavy atom. The third kappa shape index (κ3) is 4.54. The van der Waals surface area contributed by atoms with Crippen molar-refractivity contribution in [2.45, 2.75) is 33.3 Å². The molecular weight excluding hydrogens is 220 g/mol. The van der Waals surface area contributed by atoms with Crippen LogP contribution in [-0.4, -0.2) is 16.9 Å². The van der Waals surface area contributed by atoms with E-state index < -0.39 is 5.60 Å². The molecule has 2 nitrogen and oxygen atoms in total. The van der Waals surface area contributed by atoms with Crippen molar-refractivity contribution in [1.29, 1.82) is 0 Å². The average Bonchev–Trinajstić information content (AvgIpc) is 1.85. The molecule has 3 heteroatoms. The first kappa shape index (κ1) is 11.7. The van der Waals surface area contributed by atoms with E-state index in [0.717, 1.165) is 0 Å². The second kappa shape index (κ2) is 4.65. The normalized spacial score (nSPS) is 12.9. The fourth-order valence-corrected chi connectivity index (χ4v) is 1.15. The predicted molar refractivity (Wildman–Crippen MR) is 53.4 cm³/mol. The molecular formula is C9H15BrO2. The van der Waals surface area contributed by atoms with Gasteiger partial charge in [-0.25, -0.2) is 4.79 Å². The minimum atomic E-state index is -0.409. The van der Waals surface area contributed by atoms with Gasteiger partial charge in [-0.1, -0.05) is 22.0 Å². The molecule has 0 radical (unpaired) electrons. The maximum absolute atomic E-state index is 11.3. The van der Waals surface area contributed by atoms with Crippen LogP contribution >= 0.6 is 15.9 Å². The molecule has 0 bridgehead atoms. The molecule has 0 saturated carbocycles. The monoisotopic (exact) mass is 234 g/mol. The molecule has 0 N–H and O–H groups in total. The summed E-state index contributed by atoms with van der Waals surface area (Å²) in [4.78, 5) is 11.3. The van der Waals surface area contributed by atoms with Crippen LogP contribution in [0.3, 0.4) is 0 Å². The summed E-state index contributed by atoms with van der Waals surface area (Å²) in [5, 5.41) is 0.540. The highest BCUT2D eigenvalue weighted by atomic mass is 79.9. The highest BCUT2D eigenvalue weighted by molar-refractivity contribution is 9.09. The molecule has 0 aromatic carbocycles. The highest BCUT2D eigenvalue weighted by Crippen LogP contribution is 2.11. The van der Waals surface area contributed by atoms with Gasteiger partial charge in [0, 0.05) is 10.9 Å². The van der Waals surface area contributed by atoms with E-state index in [1.807, 2.05) is 27.7 Å². The quantitative estimate of drug-likeness (QED) is 0.418. The SMILES string of the molecule is C/C=C(\CBr)C(=O)OC(C)(C)C. The molecule has 0 saturated heterocycles. The van der Waals surface area contributed by atoms with Gasteiger partial charge < -0.3 is 4.74 Å². The summed E-state index contributed by atoms with van der Waals surface area (Å²) in [7, 11) is 0. The van der Waals surface area contributed by atoms with Crippen molar-refractivity contribution in [1.82, 2.24) is 0 Å². The lowest BCUT2D eigenvalue weighted by atomic mass is 10.2. The first-order chi connectivity index (χ1) is 5.40. The molecule has 0 amide bonds. The minimum Gasteiger partial charge on any atom is -0.457 e. The van der Waals surface area contributed by atoms with Crippen molar-refractivity contribution < 1.29 is 9.53 Å². The number of esters is 1. The average molecular weight is 235 g/mol. The van der Waals surface area contributed by atoms with Gasteiger partial charge in [-0.2, -0.15) is 0 Å². The first-order valence-corrected chi connectivity index (χ1v) is 4.97. The number of hydrogen-bond acceptors (Lipinski definition) is 2. The smallest absolute Gasteiger partial charge is 0.335 e. The number of ether oxygens (including phenoxy) is 1. The Balaban J connectivity index is 4.23. The highest BCUT2D eigenvalue weighted by Gasteiger charge is 2.18. The molecule has 0 heterocycles. The Morgan fingerprint density at radius 3 is 2.25 bits per heavy atom. The van der Waals surface area contributed by atoms with Crippen LogP contribution in [0.5, 0.6) is 0 Å². The summed E-state index contributed by atoms with van der Waals surface area (Å²) in [6.45, 7) is 7.38. The molecule has 0 aromatic heterocycles. The van der Waals surface area contributed by atoms with Crippen LogP contribution in [0, 0.1) is 0 Å². The fraction of sp³-hybridized carbons (Fsp3) is 0.667. The van der Waals surface area contributed by atoms with Crippen molar-refractivity contribution in [3.05, 3.63) is 11.6 Å². The van der Waals surface area contributed by atoms with E-state index in [1.54, 1.807) is 6.08 Å². The molecule has 0 aromatic rings. The van der Waals surface area contributed by atoms with Crippen LogP contribution in [0.4, 0.5) is 0 Å². The summed E-state index contributed by atoms with van der Waals surface area (Å²) in [6, 6.07) is 0. The predicted octanol–water partition coefficient (Wildman–Crippen LogP) is 2.67. The lowest BCUT2D eigenvalue weighted by Gasteiger charge is -2.19. The molecule has 0 aliphatic rings. The van der Waals surface area contributed by atoms with Crippen molar-refractivity contribution in [2.75, 3.05) is 5.33 Å². The second-order valence-corrected chi connectivity index (χ2v) is 4.01. The third-order valence-corrected chi connectivity index (χ3v) is 1.76. The summed E-state index contributed by atoms with van der Waals surface area (Å²) in [5.41, 5.74) is 0.248. The van der Waals surface area contributed by atoms with Gasteiger partial charge in [0.05, 0.1) is 0 Å². The Bertz CT molecular complexity index is 189. The van der Waals surface area contributed by atoms with Crippen LogP contribution in [0.25, 0.3) is 0 Å². The Hall–Kier alpha value is -0.310. The third-order valence-electron chi connectivity index (χ3n) is 1.15. The van der Waals surface area contributed by atoms with Gasteiger partial charge in [0.25, 0.3) is 0 Å². The Labute approximate surface area is 82.1 Å². The van der Waals surface area contributed by atoms with Crippen LogP contribution in [0.1, 0.15) is 27.7 Å². The van der Waals surface area contributed by atoms with Crippen molar-refractivity contribution in [2.24, 2.45) is 0 Å². The van der Waals surface area contributed by atoms with Crippen molar-refractivity contribution in [3.63, 3.8) is 0 Å². The minimum absolute atomic E-state index is 0.248. The number of alkyl halides is 1. The maximum Gasteiger partial charge on any atom is 0.335 e. The van der Waals surface area contributed by atoms with Crippen LogP contribution in [0.15, 0.2) is 11.6 Å². The molecule has 0 spiro atoms. The number of carbonyl (C=O) groups is 1. The molecule has 0 aliphatic carbocycles. The topological polar surface area (TPSA) is 26.3 Å². The molecule has 0 atom stereocenters. The van der Waals surface area contributed by atoms with E-state index in [-0.39, 0.29) is 5.97 Å². The van der Waals surface area contributed by atoms with E-state index >= 15 is 0 Å². The van der Waals surface area contributed by atoms with E-state index in [4.69, 9.17) is 4.74 Å². The Kier molecular flexibility index (Phi) is 4.53.